The van der Waals surface area contributed by atoms with Crippen LogP contribution in [0.25, 0.3) is 0 Å². The summed E-state index contributed by atoms with van der Waals surface area (Å²) < 4.78 is 0. The Morgan fingerprint density at radius 3 is 2.41 bits per heavy atom. The molecule has 1 unspecified atom stereocenters. The Kier molecular flexibility index (Phi) is 7.51. The SMILES string of the molecule is C=C/C=C(\C)CN(C(=O)CN(C)c1ccccc1)C1C(=O)N(C2CCCCC2)c2ccccc21. The Morgan fingerprint density at radius 1 is 1.03 bits per heavy atom. The van der Waals surface area contributed by atoms with Crippen LogP contribution in [-0.4, -0.2) is 42.9 Å². The summed E-state index contributed by atoms with van der Waals surface area (Å²) in [5.41, 5.74) is 3.85. The van der Waals surface area contributed by atoms with E-state index in [2.05, 4.69) is 6.58 Å². The van der Waals surface area contributed by atoms with Gasteiger partial charge in [-0.1, -0.05) is 80.0 Å². The number of nitrogens with zero attached hydrogens (tertiary/aromatic N) is 3. The summed E-state index contributed by atoms with van der Waals surface area (Å²) in [5.74, 6) is -0.0444. The second-order valence-electron chi connectivity index (χ2n) is 9.42. The highest BCUT2D eigenvalue weighted by molar-refractivity contribution is 6.07. The number of rotatable bonds is 8. The standard InChI is InChI=1S/C29H35N3O2/c1-4-13-22(2)20-31(27(33)21-30(3)23-14-7-5-8-15-23)28-25-18-11-12-19-26(25)32(29(28)34)24-16-9-6-10-17-24/h4-5,7-8,11-15,18-19,24,28H,1,6,9-10,16-17,20-21H2,2-3H3/b22-13+. The van der Waals surface area contributed by atoms with Crippen LogP contribution in [0, 0.1) is 0 Å². The molecule has 2 aliphatic rings. The molecule has 2 aromatic rings. The predicted octanol–water partition coefficient (Wildman–Crippen LogP) is 5.50. The van der Waals surface area contributed by atoms with Crippen LogP contribution in [0.3, 0.4) is 0 Å². The summed E-state index contributed by atoms with van der Waals surface area (Å²) in [5, 5.41) is 0. The first-order chi connectivity index (χ1) is 16.5. The number of amides is 2. The number of carbonyl (C=O) groups is 2. The van der Waals surface area contributed by atoms with E-state index in [1.54, 1.807) is 11.0 Å². The van der Waals surface area contributed by atoms with Crippen LogP contribution in [0.4, 0.5) is 11.4 Å². The molecule has 1 aliphatic heterocycles. The maximum absolute atomic E-state index is 14.0. The highest BCUT2D eigenvalue weighted by Gasteiger charge is 2.45. The first kappa shape index (κ1) is 23.8. The number of likely N-dealkylation sites (N-methyl/N-ethyl adjacent to an activating group) is 1. The average molecular weight is 458 g/mol. The Morgan fingerprint density at radius 2 is 1.71 bits per heavy atom. The molecule has 0 spiro atoms. The molecule has 1 atom stereocenters. The third kappa shape index (κ3) is 4.93. The van der Waals surface area contributed by atoms with Crippen molar-refractivity contribution in [3.63, 3.8) is 0 Å². The number of hydrogen-bond donors (Lipinski definition) is 0. The Labute approximate surface area is 203 Å². The van der Waals surface area contributed by atoms with E-state index in [4.69, 9.17) is 0 Å². The summed E-state index contributed by atoms with van der Waals surface area (Å²) >= 11 is 0. The molecule has 178 valence electrons. The maximum atomic E-state index is 14.0. The van der Waals surface area contributed by atoms with E-state index < -0.39 is 6.04 Å². The summed E-state index contributed by atoms with van der Waals surface area (Å²) in [4.78, 5) is 33.4. The molecule has 1 fully saturated rings. The van der Waals surface area contributed by atoms with Crippen molar-refractivity contribution in [2.75, 3.05) is 29.9 Å². The van der Waals surface area contributed by atoms with Crippen LogP contribution in [-0.2, 0) is 9.59 Å². The lowest BCUT2D eigenvalue weighted by Crippen LogP contribution is -2.47. The molecule has 34 heavy (non-hydrogen) atoms. The number of carbonyl (C=O) groups excluding carboxylic acids is 2. The minimum Gasteiger partial charge on any atom is -0.365 e. The van der Waals surface area contributed by atoms with E-state index in [1.807, 2.05) is 84.4 Å². The van der Waals surface area contributed by atoms with E-state index in [0.717, 1.165) is 48.2 Å². The lowest BCUT2D eigenvalue weighted by atomic mass is 9.94. The van der Waals surface area contributed by atoms with Crippen LogP contribution in [0.5, 0.6) is 0 Å². The second kappa shape index (κ2) is 10.7. The first-order valence-electron chi connectivity index (χ1n) is 12.3. The van der Waals surface area contributed by atoms with Gasteiger partial charge in [0.2, 0.25) is 5.91 Å². The molecule has 2 aromatic carbocycles. The molecular formula is C29H35N3O2. The molecule has 1 saturated carbocycles. The summed E-state index contributed by atoms with van der Waals surface area (Å²) in [6.07, 6.45) is 9.20. The maximum Gasteiger partial charge on any atom is 0.254 e. The van der Waals surface area contributed by atoms with E-state index in [-0.39, 0.29) is 24.4 Å². The van der Waals surface area contributed by atoms with E-state index in [9.17, 15) is 9.59 Å². The Balaban J connectivity index is 1.67. The van der Waals surface area contributed by atoms with Crippen LogP contribution in [0.1, 0.15) is 50.6 Å². The summed E-state index contributed by atoms with van der Waals surface area (Å²) in [7, 11) is 1.91. The summed E-state index contributed by atoms with van der Waals surface area (Å²) in [6.45, 7) is 6.36. The molecule has 5 heteroatoms. The molecule has 0 N–H and O–H groups in total. The summed E-state index contributed by atoms with van der Waals surface area (Å²) in [6, 6.07) is 17.5. The molecule has 4 rings (SSSR count). The molecule has 0 radical (unpaired) electrons. The van der Waals surface area contributed by atoms with Gasteiger partial charge in [-0.3, -0.25) is 9.59 Å². The van der Waals surface area contributed by atoms with E-state index in [1.165, 1.54) is 6.42 Å². The third-order valence-corrected chi connectivity index (χ3v) is 6.93. The van der Waals surface area contributed by atoms with E-state index in [0.29, 0.717) is 6.54 Å². The highest BCUT2D eigenvalue weighted by atomic mass is 16.2. The number of para-hydroxylation sites is 2. The Hall–Kier alpha value is -3.34. The minimum absolute atomic E-state index is 0.0233. The lowest BCUT2D eigenvalue weighted by Gasteiger charge is -2.34. The van der Waals surface area contributed by atoms with Crippen molar-refractivity contribution in [2.45, 2.75) is 51.1 Å². The predicted molar refractivity (Wildman–Crippen MR) is 139 cm³/mol. The van der Waals surface area contributed by atoms with Gasteiger partial charge in [0.15, 0.2) is 0 Å². The van der Waals surface area contributed by atoms with Gasteiger partial charge in [-0.15, -0.1) is 0 Å². The largest absolute Gasteiger partial charge is 0.365 e. The number of benzene rings is 2. The second-order valence-corrected chi connectivity index (χ2v) is 9.42. The molecule has 1 heterocycles. The number of fused-ring (bicyclic) bond motifs is 1. The molecule has 1 aliphatic carbocycles. The quantitative estimate of drug-likeness (QED) is 0.492. The van der Waals surface area contributed by atoms with Crippen molar-refractivity contribution in [1.29, 1.82) is 0 Å². The van der Waals surface area contributed by atoms with Gasteiger partial charge in [0, 0.05) is 36.6 Å². The fraction of sp³-hybridized carbons (Fsp3) is 0.379. The van der Waals surface area contributed by atoms with Gasteiger partial charge in [-0.25, -0.2) is 0 Å². The molecule has 0 aromatic heterocycles. The van der Waals surface area contributed by atoms with Gasteiger partial charge < -0.3 is 14.7 Å². The van der Waals surface area contributed by atoms with Crippen LogP contribution < -0.4 is 9.80 Å². The molecule has 2 amide bonds. The van der Waals surface area contributed by atoms with Crippen molar-refractivity contribution < 1.29 is 9.59 Å². The third-order valence-electron chi connectivity index (χ3n) is 6.93. The Bertz CT molecular complexity index is 1060. The zero-order valence-corrected chi connectivity index (χ0v) is 20.3. The monoisotopic (exact) mass is 457 g/mol. The average Bonchev–Trinajstić information content (AvgIpc) is 3.15. The first-order valence-corrected chi connectivity index (χ1v) is 12.3. The van der Waals surface area contributed by atoms with Gasteiger partial charge >= 0.3 is 0 Å². The molecule has 5 nitrogen and oxygen atoms in total. The topological polar surface area (TPSA) is 43.9 Å². The van der Waals surface area contributed by atoms with Gasteiger partial charge in [0.25, 0.3) is 5.91 Å². The highest BCUT2D eigenvalue weighted by Crippen LogP contribution is 2.43. The zero-order valence-electron chi connectivity index (χ0n) is 20.3. The molecule has 0 bridgehead atoms. The number of allylic oxidation sites excluding steroid dienone is 2. The van der Waals surface area contributed by atoms with Gasteiger partial charge in [0.05, 0.1) is 6.54 Å². The van der Waals surface area contributed by atoms with Crippen molar-refractivity contribution in [2.24, 2.45) is 0 Å². The van der Waals surface area contributed by atoms with Crippen molar-refractivity contribution in [3.05, 3.63) is 84.5 Å². The minimum atomic E-state index is -0.608. The van der Waals surface area contributed by atoms with Crippen molar-refractivity contribution >= 4 is 23.2 Å². The van der Waals surface area contributed by atoms with Crippen LogP contribution in [0.2, 0.25) is 0 Å². The lowest BCUT2D eigenvalue weighted by molar-refractivity contribution is -0.137. The van der Waals surface area contributed by atoms with Crippen LogP contribution >= 0.6 is 0 Å². The van der Waals surface area contributed by atoms with Gasteiger partial charge in [-0.05, 0) is 38.0 Å². The van der Waals surface area contributed by atoms with Gasteiger partial charge in [-0.2, -0.15) is 0 Å². The molecule has 0 saturated heterocycles. The van der Waals surface area contributed by atoms with E-state index >= 15 is 0 Å². The smallest absolute Gasteiger partial charge is 0.254 e. The van der Waals surface area contributed by atoms with Gasteiger partial charge in [0.1, 0.15) is 6.04 Å². The fourth-order valence-electron chi connectivity index (χ4n) is 5.25. The fourth-order valence-corrected chi connectivity index (χ4v) is 5.25. The number of hydrogen-bond acceptors (Lipinski definition) is 3. The zero-order chi connectivity index (χ0) is 24.1. The van der Waals surface area contributed by atoms with Crippen LogP contribution in [0.15, 0.2) is 78.9 Å². The molecular weight excluding hydrogens is 422 g/mol. The van der Waals surface area contributed by atoms with Crippen molar-refractivity contribution in [1.82, 2.24) is 4.90 Å². The van der Waals surface area contributed by atoms with Crippen molar-refractivity contribution in [3.8, 4) is 0 Å². The number of anilines is 2. The normalized spacial score (nSPS) is 18.5.